The zero-order valence-corrected chi connectivity index (χ0v) is 18.7. The number of rotatable bonds is 9. The molecule has 27 heavy (non-hydrogen) atoms. The molecule has 8 heteroatoms. The first-order chi connectivity index (χ1) is 12.6. The lowest BCUT2D eigenvalue weighted by Crippen LogP contribution is -2.39. The maximum atomic E-state index is 12.9. The molecule has 150 valence electrons. The largest absolute Gasteiger partial charge is 0.491 e. The SMILES string of the molecule is CCNC(=NCC(O)COc1ccc(F)cc1)NCC(C)c1ccsc1.I. The fraction of sp³-hybridized carbons (Fsp3) is 0.421. The van der Waals surface area contributed by atoms with Crippen LogP contribution in [0.1, 0.15) is 25.3 Å². The molecule has 0 bridgehead atoms. The van der Waals surface area contributed by atoms with Gasteiger partial charge in [0.15, 0.2) is 5.96 Å². The highest BCUT2D eigenvalue weighted by Crippen LogP contribution is 2.17. The summed E-state index contributed by atoms with van der Waals surface area (Å²) in [6, 6.07) is 7.83. The predicted octanol–water partition coefficient (Wildman–Crippen LogP) is 3.60. The summed E-state index contributed by atoms with van der Waals surface area (Å²) in [5.74, 6) is 1.23. The van der Waals surface area contributed by atoms with E-state index < -0.39 is 6.10 Å². The van der Waals surface area contributed by atoms with Crippen LogP contribution < -0.4 is 15.4 Å². The molecule has 0 aliphatic heterocycles. The Morgan fingerprint density at radius 2 is 2.00 bits per heavy atom. The van der Waals surface area contributed by atoms with E-state index in [-0.39, 0.29) is 42.9 Å². The van der Waals surface area contributed by atoms with Crippen LogP contribution in [0.25, 0.3) is 0 Å². The number of ether oxygens (including phenoxy) is 1. The van der Waals surface area contributed by atoms with Gasteiger partial charge in [-0.2, -0.15) is 11.3 Å². The van der Waals surface area contributed by atoms with Crippen molar-refractivity contribution in [1.29, 1.82) is 0 Å². The van der Waals surface area contributed by atoms with Crippen LogP contribution in [0.15, 0.2) is 46.1 Å². The molecule has 0 radical (unpaired) electrons. The van der Waals surface area contributed by atoms with Crippen LogP contribution in [0.3, 0.4) is 0 Å². The highest BCUT2D eigenvalue weighted by atomic mass is 127. The molecule has 0 saturated carbocycles. The van der Waals surface area contributed by atoms with Crippen molar-refractivity contribution < 1.29 is 14.2 Å². The second-order valence-corrected chi connectivity index (χ2v) is 6.76. The Labute approximate surface area is 181 Å². The first-order valence-electron chi connectivity index (χ1n) is 8.69. The molecule has 1 aromatic heterocycles. The zero-order valence-electron chi connectivity index (χ0n) is 15.5. The number of aliphatic hydroxyl groups is 1. The van der Waals surface area contributed by atoms with Crippen LogP contribution >= 0.6 is 35.3 Å². The number of nitrogens with one attached hydrogen (secondary N) is 2. The standard InChI is InChI=1S/C19H26FN3O2S.HI/c1-3-21-19(22-10-14(2)15-8-9-26-13-15)23-11-17(24)12-25-18-6-4-16(20)5-7-18;/h4-9,13-14,17,24H,3,10-12H2,1-2H3,(H2,21,22,23);1H. The number of halogens is 2. The van der Waals surface area contributed by atoms with Crippen LogP contribution in [0.4, 0.5) is 4.39 Å². The van der Waals surface area contributed by atoms with Gasteiger partial charge in [0, 0.05) is 13.1 Å². The third-order valence-electron chi connectivity index (χ3n) is 3.75. The van der Waals surface area contributed by atoms with Gasteiger partial charge in [0.1, 0.15) is 24.3 Å². The summed E-state index contributed by atoms with van der Waals surface area (Å²) in [7, 11) is 0. The van der Waals surface area contributed by atoms with Gasteiger partial charge in [-0.3, -0.25) is 4.99 Å². The number of benzene rings is 1. The fourth-order valence-corrected chi connectivity index (χ4v) is 3.02. The molecule has 3 N–H and O–H groups in total. The van der Waals surface area contributed by atoms with Crippen LogP contribution in [-0.2, 0) is 0 Å². The normalized spacial score (nSPS) is 13.4. The summed E-state index contributed by atoms with van der Waals surface area (Å²) in [4.78, 5) is 4.40. The number of aliphatic imine (C=N–C) groups is 1. The topological polar surface area (TPSA) is 65.9 Å². The molecule has 0 aliphatic carbocycles. The minimum atomic E-state index is -0.746. The third kappa shape index (κ3) is 8.89. The van der Waals surface area contributed by atoms with Gasteiger partial charge in [0.05, 0.1) is 6.54 Å². The van der Waals surface area contributed by atoms with E-state index in [1.807, 2.05) is 6.92 Å². The maximum absolute atomic E-state index is 12.9. The van der Waals surface area contributed by atoms with Gasteiger partial charge in [-0.25, -0.2) is 4.39 Å². The Bertz CT molecular complexity index is 668. The fourth-order valence-electron chi connectivity index (χ4n) is 2.24. The van der Waals surface area contributed by atoms with Gasteiger partial charge in [-0.15, -0.1) is 24.0 Å². The number of aliphatic hydroxyl groups excluding tert-OH is 1. The maximum Gasteiger partial charge on any atom is 0.191 e. The first kappa shape index (κ1) is 23.6. The molecule has 2 rings (SSSR count). The lowest BCUT2D eigenvalue weighted by Gasteiger charge is -2.16. The molecule has 2 aromatic rings. The van der Waals surface area contributed by atoms with Crippen LogP contribution in [-0.4, -0.2) is 43.4 Å². The number of guanidine groups is 1. The van der Waals surface area contributed by atoms with Crippen molar-refractivity contribution in [3.8, 4) is 5.75 Å². The van der Waals surface area contributed by atoms with Crippen molar-refractivity contribution in [3.05, 3.63) is 52.5 Å². The predicted molar refractivity (Wildman–Crippen MR) is 120 cm³/mol. The van der Waals surface area contributed by atoms with Crippen molar-refractivity contribution >= 4 is 41.3 Å². The van der Waals surface area contributed by atoms with E-state index in [4.69, 9.17) is 4.74 Å². The van der Waals surface area contributed by atoms with E-state index in [2.05, 4.69) is 39.4 Å². The third-order valence-corrected chi connectivity index (χ3v) is 4.45. The first-order valence-corrected chi connectivity index (χ1v) is 9.63. The van der Waals surface area contributed by atoms with Gasteiger partial charge in [-0.1, -0.05) is 6.92 Å². The van der Waals surface area contributed by atoms with Gasteiger partial charge >= 0.3 is 0 Å². The number of hydrogen-bond donors (Lipinski definition) is 3. The molecule has 0 spiro atoms. The Morgan fingerprint density at radius 3 is 2.63 bits per heavy atom. The van der Waals surface area contributed by atoms with Gasteiger partial charge in [0.2, 0.25) is 0 Å². The van der Waals surface area contributed by atoms with Crippen molar-refractivity contribution in [2.45, 2.75) is 25.9 Å². The summed E-state index contributed by atoms with van der Waals surface area (Å²) < 4.78 is 18.3. The van der Waals surface area contributed by atoms with Crippen molar-refractivity contribution in [2.24, 2.45) is 4.99 Å². The van der Waals surface area contributed by atoms with E-state index in [9.17, 15) is 9.50 Å². The summed E-state index contributed by atoms with van der Waals surface area (Å²) in [5, 5.41) is 20.7. The molecule has 1 heterocycles. The van der Waals surface area contributed by atoms with Gasteiger partial charge in [0.25, 0.3) is 0 Å². The molecule has 5 nitrogen and oxygen atoms in total. The highest BCUT2D eigenvalue weighted by molar-refractivity contribution is 14.0. The average molecular weight is 507 g/mol. The van der Waals surface area contributed by atoms with Gasteiger partial charge in [-0.05, 0) is 59.5 Å². The zero-order chi connectivity index (χ0) is 18.8. The summed E-state index contributed by atoms with van der Waals surface area (Å²) in [6.45, 7) is 5.95. The van der Waals surface area contributed by atoms with Crippen LogP contribution in [0.2, 0.25) is 0 Å². The van der Waals surface area contributed by atoms with Crippen molar-refractivity contribution in [2.75, 3.05) is 26.2 Å². The monoisotopic (exact) mass is 507 g/mol. The lowest BCUT2D eigenvalue weighted by molar-refractivity contribution is 0.114. The van der Waals surface area contributed by atoms with Gasteiger partial charge < -0.3 is 20.5 Å². The smallest absolute Gasteiger partial charge is 0.191 e. The second kappa shape index (κ2) is 12.9. The Kier molecular flexibility index (Phi) is 11.3. The summed E-state index contributed by atoms with van der Waals surface area (Å²) >= 11 is 1.69. The average Bonchev–Trinajstić information content (AvgIpc) is 3.18. The molecule has 0 aliphatic rings. The molecule has 2 unspecified atom stereocenters. The summed E-state index contributed by atoms with van der Waals surface area (Å²) in [5.41, 5.74) is 1.30. The molecular formula is C19H27FIN3O2S. The molecule has 0 saturated heterocycles. The lowest BCUT2D eigenvalue weighted by atomic mass is 10.1. The summed E-state index contributed by atoms with van der Waals surface area (Å²) in [6.07, 6.45) is -0.746. The second-order valence-electron chi connectivity index (χ2n) is 5.98. The minimum absolute atomic E-state index is 0. The Balaban J connectivity index is 0.00000364. The minimum Gasteiger partial charge on any atom is -0.491 e. The van der Waals surface area contributed by atoms with E-state index in [0.29, 0.717) is 17.6 Å². The van der Waals surface area contributed by atoms with Crippen molar-refractivity contribution in [1.82, 2.24) is 10.6 Å². The highest BCUT2D eigenvalue weighted by Gasteiger charge is 2.09. The molecule has 0 amide bonds. The Morgan fingerprint density at radius 1 is 1.26 bits per heavy atom. The number of nitrogens with zero attached hydrogens (tertiary/aromatic N) is 1. The molecule has 2 atom stereocenters. The molecule has 0 fully saturated rings. The van der Waals surface area contributed by atoms with E-state index in [1.165, 1.54) is 29.8 Å². The number of hydrogen-bond acceptors (Lipinski definition) is 4. The quantitative estimate of drug-likeness (QED) is 0.276. The van der Waals surface area contributed by atoms with Crippen LogP contribution in [0.5, 0.6) is 5.75 Å². The Hall–Kier alpha value is -1.39. The van der Waals surface area contributed by atoms with E-state index in [1.54, 1.807) is 11.3 Å². The van der Waals surface area contributed by atoms with E-state index >= 15 is 0 Å². The molecular weight excluding hydrogens is 480 g/mol. The number of thiophene rings is 1. The van der Waals surface area contributed by atoms with Crippen molar-refractivity contribution in [3.63, 3.8) is 0 Å². The van der Waals surface area contributed by atoms with Crippen LogP contribution in [0, 0.1) is 5.82 Å². The molecule has 1 aromatic carbocycles. The van der Waals surface area contributed by atoms with E-state index in [0.717, 1.165) is 13.1 Å².